The third-order valence-electron chi connectivity index (χ3n) is 3.16. The summed E-state index contributed by atoms with van der Waals surface area (Å²) in [4.78, 5) is 12.9. The third-order valence-corrected chi connectivity index (χ3v) is 3.16. The Kier molecular flexibility index (Phi) is 7.50. The summed E-state index contributed by atoms with van der Waals surface area (Å²) in [6.07, 6.45) is 2.67. The lowest BCUT2D eigenvalue weighted by molar-refractivity contribution is -0.131. The van der Waals surface area contributed by atoms with Crippen LogP contribution >= 0.6 is 0 Å². The van der Waals surface area contributed by atoms with E-state index < -0.39 is 5.97 Å². The summed E-state index contributed by atoms with van der Waals surface area (Å²) in [5, 5.41) is 8.74. The monoisotopic (exact) mass is 293 g/mol. The number of rotatable bonds is 9. The van der Waals surface area contributed by atoms with Crippen molar-refractivity contribution in [2.24, 2.45) is 0 Å². The number of likely N-dealkylation sites (N-methyl/N-ethyl adjacent to an activating group) is 1. The summed E-state index contributed by atoms with van der Waals surface area (Å²) in [7, 11) is 3.26. The van der Waals surface area contributed by atoms with Crippen LogP contribution in [0.3, 0.4) is 0 Å². The van der Waals surface area contributed by atoms with E-state index in [0.29, 0.717) is 12.4 Å². The fourth-order valence-corrected chi connectivity index (χ4v) is 2.00. The van der Waals surface area contributed by atoms with Crippen LogP contribution in [0.2, 0.25) is 0 Å². The SMILES string of the molecule is CCN(CCOC)Cc1ccc(OC)c(C=CC(=O)O)c1. The maximum absolute atomic E-state index is 10.6. The summed E-state index contributed by atoms with van der Waals surface area (Å²) >= 11 is 0. The van der Waals surface area contributed by atoms with Gasteiger partial charge in [0.1, 0.15) is 5.75 Å². The second-order valence-corrected chi connectivity index (χ2v) is 4.61. The van der Waals surface area contributed by atoms with Gasteiger partial charge in [-0.15, -0.1) is 0 Å². The zero-order valence-electron chi connectivity index (χ0n) is 12.8. The molecule has 0 atom stereocenters. The van der Waals surface area contributed by atoms with Gasteiger partial charge in [-0.3, -0.25) is 4.90 Å². The molecule has 0 aliphatic rings. The average Bonchev–Trinajstić information content (AvgIpc) is 2.49. The Labute approximate surface area is 125 Å². The lowest BCUT2D eigenvalue weighted by Crippen LogP contribution is -2.26. The molecule has 0 saturated heterocycles. The Balaban J connectivity index is 2.88. The van der Waals surface area contributed by atoms with Crippen LogP contribution < -0.4 is 4.74 Å². The van der Waals surface area contributed by atoms with E-state index in [-0.39, 0.29) is 0 Å². The van der Waals surface area contributed by atoms with E-state index >= 15 is 0 Å². The quantitative estimate of drug-likeness (QED) is 0.708. The number of nitrogens with zero attached hydrogens (tertiary/aromatic N) is 1. The molecule has 1 N–H and O–H groups in total. The van der Waals surface area contributed by atoms with E-state index in [2.05, 4.69) is 11.8 Å². The maximum Gasteiger partial charge on any atom is 0.328 e. The smallest absolute Gasteiger partial charge is 0.328 e. The molecule has 0 aliphatic heterocycles. The number of ether oxygens (including phenoxy) is 2. The number of carbonyl (C=O) groups is 1. The number of benzene rings is 1. The van der Waals surface area contributed by atoms with Crippen LogP contribution in [0.25, 0.3) is 6.08 Å². The van der Waals surface area contributed by atoms with E-state index in [4.69, 9.17) is 14.6 Å². The molecule has 1 aromatic carbocycles. The van der Waals surface area contributed by atoms with Crippen molar-refractivity contribution < 1.29 is 19.4 Å². The second-order valence-electron chi connectivity index (χ2n) is 4.61. The van der Waals surface area contributed by atoms with E-state index in [9.17, 15) is 4.79 Å². The van der Waals surface area contributed by atoms with Crippen molar-refractivity contribution in [3.8, 4) is 5.75 Å². The zero-order valence-corrected chi connectivity index (χ0v) is 12.8. The molecule has 0 heterocycles. The first-order valence-electron chi connectivity index (χ1n) is 6.90. The summed E-state index contributed by atoms with van der Waals surface area (Å²) in [6, 6.07) is 5.81. The highest BCUT2D eigenvalue weighted by Gasteiger charge is 2.07. The fraction of sp³-hybridized carbons (Fsp3) is 0.438. The van der Waals surface area contributed by atoms with Gasteiger partial charge >= 0.3 is 5.97 Å². The highest BCUT2D eigenvalue weighted by atomic mass is 16.5. The summed E-state index contributed by atoms with van der Waals surface area (Å²) in [5.74, 6) is -0.311. The van der Waals surface area contributed by atoms with Crippen molar-refractivity contribution >= 4 is 12.0 Å². The van der Waals surface area contributed by atoms with Gasteiger partial charge in [-0.2, -0.15) is 0 Å². The van der Waals surface area contributed by atoms with Crippen LogP contribution in [0.4, 0.5) is 0 Å². The molecule has 0 saturated carbocycles. The van der Waals surface area contributed by atoms with Crippen LogP contribution in [0.5, 0.6) is 5.75 Å². The summed E-state index contributed by atoms with van der Waals surface area (Å²) in [5.41, 5.74) is 1.87. The molecule has 0 bridgehead atoms. The van der Waals surface area contributed by atoms with Gasteiger partial charge in [0.25, 0.3) is 0 Å². The van der Waals surface area contributed by atoms with E-state index in [1.54, 1.807) is 20.3 Å². The largest absolute Gasteiger partial charge is 0.496 e. The molecule has 1 aromatic rings. The molecule has 5 heteroatoms. The molecular formula is C16H23NO4. The Morgan fingerprint density at radius 3 is 2.71 bits per heavy atom. The van der Waals surface area contributed by atoms with E-state index in [0.717, 1.165) is 36.8 Å². The number of aliphatic carboxylic acids is 1. The minimum atomic E-state index is -0.974. The first-order valence-corrected chi connectivity index (χ1v) is 6.90. The average molecular weight is 293 g/mol. The lowest BCUT2D eigenvalue weighted by atomic mass is 10.1. The molecular weight excluding hydrogens is 270 g/mol. The van der Waals surface area contributed by atoms with Crippen molar-refractivity contribution in [3.63, 3.8) is 0 Å². The van der Waals surface area contributed by atoms with Gasteiger partial charge in [-0.05, 0) is 30.3 Å². The highest BCUT2D eigenvalue weighted by molar-refractivity contribution is 5.85. The highest BCUT2D eigenvalue weighted by Crippen LogP contribution is 2.22. The van der Waals surface area contributed by atoms with Crippen molar-refractivity contribution in [3.05, 3.63) is 35.4 Å². The van der Waals surface area contributed by atoms with Gasteiger partial charge in [-0.25, -0.2) is 4.79 Å². The van der Waals surface area contributed by atoms with Gasteiger partial charge < -0.3 is 14.6 Å². The minimum absolute atomic E-state index is 0.663. The maximum atomic E-state index is 10.6. The van der Waals surface area contributed by atoms with Crippen LogP contribution in [-0.4, -0.2) is 49.9 Å². The molecule has 116 valence electrons. The van der Waals surface area contributed by atoms with Gasteiger partial charge in [-0.1, -0.05) is 13.0 Å². The number of methoxy groups -OCH3 is 2. The van der Waals surface area contributed by atoms with Gasteiger partial charge in [0.2, 0.25) is 0 Å². The normalized spacial score (nSPS) is 11.2. The van der Waals surface area contributed by atoms with Crippen molar-refractivity contribution in [1.29, 1.82) is 0 Å². The van der Waals surface area contributed by atoms with Crippen LogP contribution in [-0.2, 0) is 16.1 Å². The standard InChI is InChI=1S/C16H23NO4/c1-4-17(9-10-20-2)12-13-5-7-15(21-3)14(11-13)6-8-16(18)19/h5-8,11H,4,9-10,12H2,1-3H3,(H,18,19). The molecule has 1 rings (SSSR count). The zero-order chi connectivity index (χ0) is 15.7. The first-order chi connectivity index (χ1) is 10.1. The Morgan fingerprint density at radius 1 is 1.38 bits per heavy atom. The molecule has 5 nitrogen and oxygen atoms in total. The van der Waals surface area contributed by atoms with Crippen molar-refractivity contribution in [2.45, 2.75) is 13.5 Å². The number of hydrogen-bond donors (Lipinski definition) is 1. The number of hydrogen-bond acceptors (Lipinski definition) is 4. The topological polar surface area (TPSA) is 59.0 Å². The minimum Gasteiger partial charge on any atom is -0.496 e. The Bertz CT molecular complexity index is 485. The molecule has 0 fully saturated rings. The van der Waals surface area contributed by atoms with E-state index in [1.807, 2.05) is 18.2 Å². The summed E-state index contributed by atoms with van der Waals surface area (Å²) < 4.78 is 10.3. The Hall–Kier alpha value is -1.85. The van der Waals surface area contributed by atoms with Crippen LogP contribution in [0.15, 0.2) is 24.3 Å². The first kappa shape index (κ1) is 17.2. The molecule has 0 amide bonds. The van der Waals surface area contributed by atoms with Gasteiger partial charge in [0.15, 0.2) is 0 Å². The molecule has 0 aromatic heterocycles. The second kappa shape index (κ2) is 9.15. The van der Waals surface area contributed by atoms with Crippen LogP contribution in [0.1, 0.15) is 18.1 Å². The third kappa shape index (κ3) is 5.97. The molecule has 0 unspecified atom stereocenters. The predicted octanol–water partition coefficient (Wildman–Crippen LogP) is 2.26. The predicted molar refractivity (Wildman–Crippen MR) is 82.5 cm³/mol. The molecule has 0 spiro atoms. The van der Waals surface area contributed by atoms with E-state index in [1.165, 1.54) is 0 Å². The molecule has 0 aliphatic carbocycles. The Morgan fingerprint density at radius 2 is 2.14 bits per heavy atom. The molecule has 0 radical (unpaired) electrons. The van der Waals surface area contributed by atoms with Crippen molar-refractivity contribution in [1.82, 2.24) is 4.90 Å². The lowest BCUT2D eigenvalue weighted by Gasteiger charge is -2.20. The number of carboxylic acids is 1. The fourth-order valence-electron chi connectivity index (χ4n) is 2.00. The van der Waals surface area contributed by atoms with Gasteiger partial charge in [0, 0.05) is 31.8 Å². The van der Waals surface area contributed by atoms with Gasteiger partial charge in [0.05, 0.1) is 13.7 Å². The van der Waals surface area contributed by atoms with Crippen molar-refractivity contribution in [2.75, 3.05) is 33.9 Å². The number of carboxylic acid groups (broad SMARTS) is 1. The van der Waals surface area contributed by atoms with Crippen LogP contribution in [0, 0.1) is 0 Å². The molecule has 21 heavy (non-hydrogen) atoms. The summed E-state index contributed by atoms with van der Waals surface area (Å²) in [6.45, 7) is 5.37.